The lowest BCUT2D eigenvalue weighted by Crippen LogP contribution is -2.08. The summed E-state index contributed by atoms with van der Waals surface area (Å²) < 4.78 is 5.25. The molecule has 0 fully saturated rings. The number of aromatic nitrogens is 1. The van der Waals surface area contributed by atoms with Crippen molar-refractivity contribution in [3.63, 3.8) is 0 Å². The summed E-state index contributed by atoms with van der Waals surface area (Å²) in [5.74, 6) is 0.604. The fraction of sp³-hybridized carbons (Fsp3) is 0.267. The number of aliphatic hydroxyl groups excluding tert-OH is 1. The second kappa shape index (κ2) is 5.19. The minimum atomic E-state index is -0.762. The normalized spacial score (nSPS) is 12.2. The molecular formula is C15H17NO2. The number of rotatable bonds is 3. The largest absolute Gasteiger partial charge is 0.495 e. The fourth-order valence-electron chi connectivity index (χ4n) is 2.18. The van der Waals surface area contributed by atoms with Gasteiger partial charge in [-0.2, -0.15) is 0 Å². The van der Waals surface area contributed by atoms with Crippen molar-refractivity contribution in [1.29, 1.82) is 0 Å². The smallest absolute Gasteiger partial charge is 0.143 e. The van der Waals surface area contributed by atoms with E-state index in [9.17, 15) is 5.11 Å². The number of nitrogens with zero attached hydrogens (tertiary/aromatic N) is 1. The average molecular weight is 243 g/mol. The van der Waals surface area contributed by atoms with Gasteiger partial charge in [-0.15, -0.1) is 0 Å². The number of hydrogen-bond donors (Lipinski definition) is 1. The standard InChI is InChI=1S/C15H17NO2/c1-10-6-4-7-11(2)13(10)15(17)14-12(18-3)8-5-9-16-14/h4-9,15,17H,1-3H3. The number of aliphatic hydroxyl groups is 1. The molecule has 0 spiro atoms. The summed E-state index contributed by atoms with van der Waals surface area (Å²) in [6.07, 6.45) is 0.900. The Labute approximate surface area is 107 Å². The van der Waals surface area contributed by atoms with E-state index >= 15 is 0 Å². The molecular weight excluding hydrogens is 226 g/mol. The molecule has 1 unspecified atom stereocenters. The quantitative estimate of drug-likeness (QED) is 0.901. The molecule has 0 amide bonds. The molecule has 0 radical (unpaired) electrons. The highest BCUT2D eigenvalue weighted by atomic mass is 16.5. The van der Waals surface area contributed by atoms with Crippen LogP contribution in [0.1, 0.15) is 28.5 Å². The molecule has 2 rings (SSSR count). The predicted octanol–water partition coefficient (Wildman–Crippen LogP) is 2.79. The molecule has 1 aromatic heterocycles. The molecule has 0 saturated heterocycles. The lowest BCUT2D eigenvalue weighted by Gasteiger charge is -2.18. The van der Waals surface area contributed by atoms with Gasteiger partial charge in [-0.3, -0.25) is 4.98 Å². The second-order valence-electron chi connectivity index (χ2n) is 4.30. The van der Waals surface area contributed by atoms with Crippen LogP contribution >= 0.6 is 0 Å². The van der Waals surface area contributed by atoms with E-state index < -0.39 is 6.10 Å². The van der Waals surface area contributed by atoms with E-state index in [4.69, 9.17) is 4.74 Å². The molecule has 18 heavy (non-hydrogen) atoms. The number of pyridine rings is 1. The predicted molar refractivity (Wildman–Crippen MR) is 70.8 cm³/mol. The molecule has 1 atom stereocenters. The van der Waals surface area contributed by atoms with Gasteiger partial charge < -0.3 is 9.84 Å². The third kappa shape index (κ3) is 2.22. The Balaban J connectivity index is 2.51. The third-order valence-corrected chi connectivity index (χ3v) is 3.09. The Bertz CT molecular complexity index is 532. The SMILES string of the molecule is COc1cccnc1C(O)c1c(C)cccc1C. The zero-order chi connectivity index (χ0) is 13.1. The molecule has 1 heterocycles. The van der Waals surface area contributed by atoms with Gasteiger partial charge in [0.25, 0.3) is 0 Å². The van der Waals surface area contributed by atoms with E-state index in [1.165, 1.54) is 0 Å². The first-order chi connectivity index (χ1) is 8.65. The number of methoxy groups -OCH3 is 1. The topological polar surface area (TPSA) is 42.4 Å². The van der Waals surface area contributed by atoms with Crippen LogP contribution in [0.2, 0.25) is 0 Å². The molecule has 0 aliphatic rings. The van der Waals surface area contributed by atoms with Crippen molar-refractivity contribution in [2.45, 2.75) is 20.0 Å². The average Bonchev–Trinajstić information content (AvgIpc) is 2.38. The van der Waals surface area contributed by atoms with Crippen LogP contribution in [0.4, 0.5) is 0 Å². The summed E-state index contributed by atoms with van der Waals surface area (Å²) in [5.41, 5.74) is 3.55. The maximum Gasteiger partial charge on any atom is 0.143 e. The Kier molecular flexibility index (Phi) is 3.63. The molecule has 0 aliphatic heterocycles. The Hall–Kier alpha value is -1.87. The van der Waals surface area contributed by atoms with Crippen LogP contribution in [-0.2, 0) is 0 Å². The van der Waals surface area contributed by atoms with Crippen molar-refractivity contribution in [3.05, 3.63) is 58.9 Å². The van der Waals surface area contributed by atoms with Crippen LogP contribution in [0.5, 0.6) is 5.75 Å². The summed E-state index contributed by atoms with van der Waals surface area (Å²) in [7, 11) is 1.58. The highest BCUT2D eigenvalue weighted by Crippen LogP contribution is 2.31. The molecule has 2 aromatic rings. The van der Waals surface area contributed by atoms with Gasteiger partial charge in [0.15, 0.2) is 0 Å². The van der Waals surface area contributed by atoms with Crippen molar-refractivity contribution in [3.8, 4) is 5.75 Å². The summed E-state index contributed by atoms with van der Waals surface area (Å²) in [6.45, 7) is 3.97. The lowest BCUT2D eigenvalue weighted by atomic mass is 9.95. The maximum absolute atomic E-state index is 10.5. The molecule has 0 saturated carbocycles. The summed E-state index contributed by atoms with van der Waals surface area (Å²) in [5, 5.41) is 10.5. The van der Waals surface area contributed by atoms with Gasteiger partial charge in [0, 0.05) is 6.20 Å². The third-order valence-electron chi connectivity index (χ3n) is 3.09. The van der Waals surface area contributed by atoms with Gasteiger partial charge in [0.05, 0.1) is 7.11 Å². The molecule has 94 valence electrons. The summed E-state index contributed by atoms with van der Waals surface area (Å²) >= 11 is 0. The zero-order valence-corrected chi connectivity index (χ0v) is 10.8. The molecule has 0 aliphatic carbocycles. The lowest BCUT2D eigenvalue weighted by molar-refractivity contribution is 0.208. The van der Waals surface area contributed by atoms with E-state index in [2.05, 4.69) is 4.98 Å². The Morgan fingerprint density at radius 1 is 1.11 bits per heavy atom. The second-order valence-corrected chi connectivity index (χ2v) is 4.30. The monoisotopic (exact) mass is 243 g/mol. The minimum Gasteiger partial charge on any atom is -0.495 e. The van der Waals surface area contributed by atoms with Crippen LogP contribution in [-0.4, -0.2) is 17.2 Å². The molecule has 0 bridgehead atoms. The number of benzene rings is 1. The Morgan fingerprint density at radius 2 is 1.78 bits per heavy atom. The van der Waals surface area contributed by atoms with Gasteiger partial charge in [0.1, 0.15) is 17.5 Å². The molecule has 1 aromatic carbocycles. The molecule has 3 heteroatoms. The highest BCUT2D eigenvalue weighted by molar-refractivity contribution is 5.42. The van der Waals surface area contributed by atoms with Crippen molar-refractivity contribution < 1.29 is 9.84 Å². The molecule has 1 N–H and O–H groups in total. The maximum atomic E-state index is 10.5. The molecule has 3 nitrogen and oxygen atoms in total. The number of hydrogen-bond acceptors (Lipinski definition) is 3. The van der Waals surface area contributed by atoms with Gasteiger partial charge >= 0.3 is 0 Å². The summed E-state index contributed by atoms with van der Waals surface area (Å²) in [4.78, 5) is 4.23. The first-order valence-electron chi connectivity index (χ1n) is 5.88. The van der Waals surface area contributed by atoms with Crippen LogP contribution in [0.3, 0.4) is 0 Å². The number of ether oxygens (including phenoxy) is 1. The first-order valence-corrected chi connectivity index (χ1v) is 5.88. The van der Waals surface area contributed by atoms with E-state index in [1.54, 1.807) is 25.4 Å². The van der Waals surface area contributed by atoms with Crippen LogP contribution in [0, 0.1) is 13.8 Å². The van der Waals surface area contributed by atoms with Crippen molar-refractivity contribution in [2.24, 2.45) is 0 Å². The van der Waals surface area contributed by atoms with Gasteiger partial charge in [-0.1, -0.05) is 18.2 Å². The van der Waals surface area contributed by atoms with Crippen molar-refractivity contribution in [2.75, 3.05) is 7.11 Å². The van der Waals surface area contributed by atoms with E-state index in [0.717, 1.165) is 16.7 Å². The van der Waals surface area contributed by atoms with Crippen LogP contribution in [0.15, 0.2) is 36.5 Å². The fourth-order valence-corrected chi connectivity index (χ4v) is 2.18. The minimum absolute atomic E-state index is 0.553. The number of aryl methyl sites for hydroxylation is 2. The van der Waals surface area contributed by atoms with E-state index in [1.807, 2.05) is 32.0 Å². The zero-order valence-electron chi connectivity index (χ0n) is 10.8. The van der Waals surface area contributed by atoms with E-state index in [0.29, 0.717) is 11.4 Å². The first kappa shape index (κ1) is 12.6. The van der Waals surface area contributed by atoms with Crippen molar-refractivity contribution in [1.82, 2.24) is 4.98 Å². The van der Waals surface area contributed by atoms with Gasteiger partial charge in [0.2, 0.25) is 0 Å². The Morgan fingerprint density at radius 3 is 2.39 bits per heavy atom. The van der Waals surface area contributed by atoms with Crippen LogP contribution in [0.25, 0.3) is 0 Å². The van der Waals surface area contributed by atoms with Crippen LogP contribution < -0.4 is 4.74 Å². The summed E-state index contributed by atoms with van der Waals surface area (Å²) in [6, 6.07) is 9.55. The van der Waals surface area contributed by atoms with Crippen molar-refractivity contribution >= 4 is 0 Å². The van der Waals surface area contributed by atoms with E-state index in [-0.39, 0.29) is 0 Å². The van der Waals surface area contributed by atoms with Gasteiger partial charge in [-0.05, 0) is 42.7 Å². The van der Waals surface area contributed by atoms with Gasteiger partial charge in [-0.25, -0.2) is 0 Å². The highest BCUT2D eigenvalue weighted by Gasteiger charge is 2.19.